The number of rotatable bonds is 4. The van der Waals surface area contributed by atoms with Gasteiger partial charge in [0, 0.05) is 11.4 Å². The zero-order chi connectivity index (χ0) is 13.8. The molecule has 0 radical (unpaired) electrons. The molecule has 0 aliphatic rings. The van der Waals surface area contributed by atoms with E-state index in [1.54, 1.807) is 30.3 Å². The molecule has 0 saturated carbocycles. The van der Waals surface area contributed by atoms with E-state index in [0.29, 0.717) is 11.1 Å². The highest BCUT2D eigenvalue weighted by atomic mass is 35.5. The minimum Gasteiger partial charge on any atom is -0.381 e. The maximum atomic E-state index is 12.9. The predicted octanol–water partition coefficient (Wildman–Crippen LogP) is 3.32. The van der Waals surface area contributed by atoms with Gasteiger partial charge in [-0.25, -0.2) is 4.39 Å². The molecule has 2 aromatic rings. The highest BCUT2D eigenvalue weighted by molar-refractivity contribution is 6.31. The molecule has 0 amide bonds. The van der Waals surface area contributed by atoms with Crippen molar-refractivity contribution in [2.24, 2.45) is 0 Å². The molecule has 0 heterocycles. The highest BCUT2D eigenvalue weighted by Crippen LogP contribution is 2.21. The minimum absolute atomic E-state index is 0.0326. The van der Waals surface area contributed by atoms with Crippen LogP contribution in [0.15, 0.2) is 48.5 Å². The van der Waals surface area contributed by atoms with Crippen LogP contribution in [0.1, 0.15) is 17.2 Å². The second-order valence-corrected chi connectivity index (χ2v) is 4.60. The van der Waals surface area contributed by atoms with Gasteiger partial charge < -0.3 is 5.11 Å². The molecular formula is C15H12ClFO2. The number of carbonyl (C=O) groups is 1. The van der Waals surface area contributed by atoms with Gasteiger partial charge in [-0.15, -0.1) is 0 Å². The Balaban J connectivity index is 2.13. The summed E-state index contributed by atoms with van der Waals surface area (Å²) in [5.41, 5.74) is 1.04. The van der Waals surface area contributed by atoms with Crippen LogP contribution in [0.5, 0.6) is 0 Å². The zero-order valence-electron chi connectivity index (χ0n) is 10.0. The number of hydrogen-bond acceptors (Lipinski definition) is 2. The summed E-state index contributed by atoms with van der Waals surface area (Å²) in [5.74, 6) is -0.829. The lowest BCUT2D eigenvalue weighted by atomic mass is 10.00. The third-order valence-corrected chi connectivity index (χ3v) is 3.15. The lowest BCUT2D eigenvalue weighted by Crippen LogP contribution is -2.14. The Hall–Kier alpha value is -1.71. The van der Waals surface area contributed by atoms with Crippen LogP contribution in [0.4, 0.5) is 4.39 Å². The molecule has 1 N–H and O–H groups in total. The van der Waals surface area contributed by atoms with Crippen molar-refractivity contribution in [1.82, 2.24) is 0 Å². The van der Waals surface area contributed by atoms with Gasteiger partial charge in [-0.1, -0.05) is 48.0 Å². The van der Waals surface area contributed by atoms with Crippen molar-refractivity contribution in [3.63, 3.8) is 0 Å². The van der Waals surface area contributed by atoms with Gasteiger partial charge in [0.25, 0.3) is 0 Å². The Morgan fingerprint density at radius 1 is 1.21 bits per heavy atom. The molecule has 1 unspecified atom stereocenters. The minimum atomic E-state index is -1.19. The molecule has 2 nitrogen and oxygen atoms in total. The monoisotopic (exact) mass is 278 g/mol. The summed E-state index contributed by atoms with van der Waals surface area (Å²) in [4.78, 5) is 11.9. The van der Waals surface area contributed by atoms with Crippen LogP contribution >= 0.6 is 11.6 Å². The molecule has 2 rings (SSSR count). The van der Waals surface area contributed by atoms with Crippen LogP contribution in [0.2, 0.25) is 5.02 Å². The number of aliphatic hydroxyl groups excluding tert-OH is 1. The van der Waals surface area contributed by atoms with E-state index < -0.39 is 11.9 Å². The number of ketones is 1. The summed E-state index contributed by atoms with van der Waals surface area (Å²) in [6.07, 6.45) is -1.22. The van der Waals surface area contributed by atoms with E-state index in [1.165, 1.54) is 12.1 Å². The second-order valence-electron chi connectivity index (χ2n) is 4.19. The Morgan fingerprint density at radius 3 is 2.53 bits per heavy atom. The predicted molar refractivity (Wildman–Crippen MR) is 71.5 cm³/mol. The summed E-state index contributed by atoms with van der Waals surface area (Å²) in [5, 5.41) is 10.1. The lowest BCUT2D eigenvalue weighted by molar-refractivity contribution is -0.126. The number of carbonyl (C=O) groups excluding carboxylic acids is 1. The maximum absolute atomic E-state index is 12.9. The SMILES string of the molecule is O=C(Cc1ccc(F)cc1Cl)C(O)c1ccccc1. The molecule has 0 spiro atoms. The van der Waals surface area contributed by atoms with Gasteiger partial charge in [0.05, 0.1) is 0 Å². The van der Waals surface area contributed by atoms with E-state index in [2.05, 4.69) is 0 Å². The van der Waals surface area contributed by atoms with E-state index in [0.717, 1.165) is 6.07 Å². The average molecular weight is 279 g/mol. The Morgan fingerprint density at radius 2 is 1.89 bits per heavy atom. The van der Waals surface area contributed by atoms with E-state index in [-0.39, 0.29) is 17.2 Å². The van der Waals surface area contributed by atoms with Gasteiger partial charge >= 0.3 is 0 Å². The lowest BCUT2D eigenvalue weighted by Gasteiger charge is -2.10. The van der Waals surface area contributed by atoms with Gasteiger partial charge in [0.15, 0.2) is 5.78 Å². The van der Waals surface area contributed by atoms with Crippen molar-refractivity contribution in [1.29, 1.82) is 0 Å². The van der Waals surface area contributed by atoms with Crippen LogP contribution < -0.4 is 0 Å². The number of aliphatic hydroxyl groups is 1. The summed E-state index contributed by atoms with van der Waals surface area (Å²) in [6, 6.07) is 12.5. The first-order valence-electron chi connectivity index (χ1n) is 5.77. The van der Waals surface area contributed by atoms with Crippen LogP contribution in [-0.4, -0.2) is 10.9 Å². The molecule has 0 fully saturated rings. The van der Waals surface area contributed by atoms with Crippen molar-refractivity contribution in [3.05, 3.63) is 70.5 Å². The van der Waals surface area contributed by atoms with Crippen LogP contribution in [0, 0.1) is 5.82 Å². The second kappa shape index (κ2) is 5.95. The van der Waals surface area contributed by atoms with Crippen molar-refractivity contribution in [2.75, 3.05) is 0 Å². The third-order valence-electron chi connectivity index (χ3n) is 2.80. The van der Waals surface area contributed by atoms with E-state index in [1.807, 2.05) is 0 Å². The Bertz CT molecular complexity index is 584. The largest absolute Gasteiger partial charge is 0.381 e. The fourth-order valence-corrected chi connectivity index (χ4v) is 2.00. The van der Waals surface area contributed by atoms with Crippen molar-refractivity contribution < 1.29 is 14.3 Å². The number of Topliss-reactive ketones (excluding diaryl/α,β-unsaturated/α-hetero) is 1. The van der Waals surface area contributed by atoms with Crippen molar-refractivity contribution in [2.45, 2.75) is 12.5 Å². The van der Waals surface area contributed by atoms with Crippen LogP contribution in [0.25, 0.3) is 0 Å². The summed E-state index contributed by atoms with van der Waals surface area (Å²) >= 11 is 5.85. The van der Waals surface area contributed by atoms with Gasteiger partial charge in [0.1, 0.15) is 11.9 Å². The van der Waals surface area contributed by atoms with E-state index in [4.69, 9.17) is 11.6 Å². The van der Waals surface area contributed by atoms with Crippen molar-refractivity contribution >= 4 is 17.4 Å². The van der Waals surface area contributed by atoms with Gasteiger partial charge in [0.2, 0.25) is 0 Å². The smallest absolute Gasteiger partial charge is 0.170 e. The molecule has 19 heavy (non-hydrogen) atoms. The molecule has 0 aliphatic carbocycles. The zero-order valence-corrected chi connectivity index (χ0v) is 10.8. The normalized spacial score (nSPS) is 12.2. The van der Waals surface area contributed by atoms with E-state index >= 15 is 0 Å². The molecule has 0 saturated heterocycles. The van der Waals surface area contributed by atoms with Crippen LogP contribution in [0.3, 0.4) is 0 Å². The molecule has 0 aromatic heterocycles. The Labute approximate surface area is 115 Å². The molecule has 0 bridgehead atoms. The third kappa shape index (κ3) is 3.40. The summed E-state index contributed by atoms with van der Waals surface area (Å²) < 4.78 is 12.9. The van der Waals surface area contributed by atoms with Gasteiger partial charge in [-0.05, 0) is 23.3 Å². The molecule has 0 aliphatic heterocycles. The molecule has 4 heteroatoms. The quantitative estimate of drug-likeness (QED) is 0.931. The number of hydrogen-bond donors (Lipinski definition) is 1. The maximum Gasteiger partial charge on any atom is 0.170 e. The molecule has 98 valence electrons. The topological polar surface area (TPSA) is 37.3 Å². The fourth-order valence-electron chi connectivity index (χ4n) is 1.77. The number of benzene rings is 2. The molecule has 2 aromatic carbocycles. The van der Waals surface area contributed by atoms with Gasteiger partial charge in [-0.2, -0.15) is 0 Å². The Kier molecular flexibility index (Phi) is 4.30. The van der Waals surface area contributed by atoms with Crippen molar-refractivity contribution in [3.8, 4) is 0 Å². The first kappa shape index (κ1) is 13.7. The first-order chi connectivity index (χ1) is 9.08. The summed E-state index contributed by atoms with van der Waals surface area (Å²) in [7, 11) is 0. The molecular weight excluding hydrogens is 267 g/mol. The van der Waals surface area contributed by atoms with Crippen LogP contribution in [-0.2, 0) is 11.2 Å². The molecule has 1 atom stereocenters. The summed E-state index contributed by atoms with van der Waals surface area (Å²) in [6.45, 7) is 0. The van der Waals surface area contributed by atoms with Gasteiger partial charge in [-0.3, -0.25) is 4.79 Å². The average Bonchev–Trinajstić information content (AvgIpc) is 2.42. The number of halogens is 2. The first-order valence-corrected chi connectivity index (χ1v) is 6.15. The highest BCUT2D eigenvalue weighted by Gasteiger charge is 2.18. The standard InChI is InChI=1S/C15H12ClFO2/c16-13-9-12(17)7-6-11(13)8-14(18)15(19)10-4-2-1-3-5-10/h1-7,9,15,19H,8H2. The van der Waals surface area contributed by atoms with E-state index in [9.17, 15) is 14.3 Å². The fraction of sp³-hybridized carbons (Fsp3) is 0.133.